The number of phenolic OH excluding ortho intramolecular Hbond substituents is 1. The molecule has 4 aromatic rings. The second kappa shape index (κ2) is 8.17. The lowest BCUT2D eigenvalue weighted by Gasteiger charge is -2.13. The lowest BCUT2D eigenvalue weighted by molar-refractivity contribution is 0.0737. The quantitative estimate of drug-likeness (QED) is 0.357. The van der Waals surface area contributed by atoms with Gasteiger partial charge in [-0.15, -0.1) is 0 Å². The number of ether oxygens (including phenoxy) is 3. The van der Waals surface area contributed by atoms with Gasteiger partial charge in [0.25, 0.3) is 0 Å². The zero-order valence-electron chi connectivity index (χ0n) is 16.6. The summed E-state index contributed by atoms with van der Waals surface area (Å²) in [6, 6.07) is 23.6. The summed E-state index contributed by atoms with van der Waals surface area (Å²) in [5.41, 5.74) is 2.43. The molecule has 0 saturated heterocycles. The molecule has 0 amide bonds. The molecule has 5 heteroatoms. The van der Waals surface area contributed by atoms with Gasteiger partial charge in [0.2, 0.25) is 0 Å². The maximum atomic E-state index is 12.9. The van der Waals surface area contributed by atoms with E-state index in [9.17, 15) is 9.90 Å². The molecular weight excluding hydrogens is 380 g/mol. The number of aromatic hydroxyl groups is 1. The van der Waals surface area contributed by atoms with Crippen molar-refractivity contribution >= 4 is 16.7 Å². The fraction of sp³-hybridized carbons (Fsp3) is 0.0800. The average molecular weight is 400 g/mol. The predicted octanol–water partition coefficient (Wildman–Crippen LogP) is 5.45. The van der Waals surface area contributed by atoms with Crippen LogP contribution in [0.1, 0.15) is 10.4 Å². The molecule has 0 atom stereocenters. The van der Waals surface area contributed by atoms with Gasteiger partial charge < -0.3 is 19.3 Å². The van der Waals surface area contributed by atoms with Crippen molar-refractivity contribution in [2.24, 2.45) is 0 Å². The van der Waals surface area contributed by atoms with Crippen LogP contribution in [0, 0.1) is 0 Å². The molecule has 0 bridgehead atoms. The fourth-order valence-electron chi connectivity index (χ4n) is 3.34. The van der Waals surface area contributed by atoms with Crippen LogP contribution in [0.3, 0.4) is 0 Å². The molecule has 0 heterocycles. The molecule has 0 spiro atoms. The van der Waals surface area contributed by atoms with Crippen molar-refractivity contribution in [1.82, 2.24) is 0 Å². The molecule has 4 rings (SSSR count). The number of phenols is 1. The van der Waals surface area contributed by atoms with E-state index < -0.39 is 5.97 Å². The van der Waals surface area contributed by atoms with E-state index in [-0.39, 0.29) is 5.75 Å². The van der Waals surface area contributed by atoms with Crippen molar-refractivity contribution in [3.05, 3.63) is 84.4 Å². The Kier molecular flexibility index (Phi) is 5.26. The van der Waals surface area contributed by atoms with Gasteiger partial charge in [-0.05, 0) is 47.5 Å². The van der Waals surface area contributed by atoms with Crippen molar-refractivity contribution in [3.8, 4) is 34.1 Å². The molecule has 0 fully saturated rings. The Morgan fingerprint density at radius 2 is 1.33 bits per heavy atom. The summed E-state index contributed by atoms with van der Waals surface area (Å²) in [6.45, 7) is 0. The third-order valence-electron chi connectivity index (χ3n) is 4.89. The molecule has 1 N–H and O–H groups in total. The summed E-state index contributed by atoms with van der Waals surface area (Å²) in [6.07, 6.45) is 0. The van der Waals surface area contributed by atoms with Crippen molar-refractivity contribution in [2.45, 2.75) is 0 Å². The lowest BCUT2D eigenvalue weighted by atomic mass is 10.0. The van der Waals surface area contributed by atoms with E-state index in [2.05, 4.69) is 0 Å². The molecule has 0 unspecified atom stereocenters. The van der Waals surface area contributed by atoms with Crippen LogP contribution in [0.2, 0.25) is 0 Å². The van der Waals surface area contributed by atoms with E-state index in [1.165, 1.54) is 26.4 Å². The van der Waals surface area contributed by atoms with Crippen LogP contribution in [-0.2, 0) is 0 Å². The highest BCUT2D eigenvalue weighted by Gasteiger charge is 2.18. The van der Waals surface area contributed by atoms with Crippen LogP contribution in [-0.4, -0.2) is 25.3 Å². The molecular formula is C25H20O5. The minimum Gasteiger partial charge on any atom is -0.507 e. The number of esters is 1. The van der Waals surface area contributed by atoms with Crippen LogP contribution < -0.4 is 14.2 Å². The summed E-state index contributed by atoms with van der Waals surface area (Å²) in [7, 11) is 3.02. The number of methoxy groups -OCH3 is 2. The number of benzene rings is 4. The zero-order valence-corrected chi connectivity index (χ0v) is 16.6. The van der Waals surface area contributed by atoms with Gasteiger partial charge in [-0.1, -0.05) is 42.5 Å². The van der Waals surface area contributed by atoms with Gasteiger partial charge in [-0.3, -0.25) is 0 Å². The lowest BCUT2D eigenvalue weighted by Crippen LogP contribution is -2.09. The molecule has 0 aliphatic carbocycles. The second-order valence-corrected chi connectivity index (χ2v) is 6.66. The Bertz CT molecular complexity index is 1200. The maximum Gasteiger partial charge on any atom is 0.344 e. The number of carbonyl (C=O) groups excluding carboxylic acids is 1. The third-order valence-corrected chi connectivity index (χ3v) is 4.89. The van der Waals surface area contributed by atoms with Gasteiger partial charge in [-0.2, -0.15) is 0 Å². The van der Waals surface area contributed by atoms with Crippen LogP contribution >= 0.6 is 0 Å². The minimum absolute atomic E-state index is 0.0368. The van der Waals surface area contributed by atoms with Crippen LogP contribution in [0.4, 0.5) is 0 Å². The summed E-state index contributed by atoms with van der Waals surface area (Å²) < 4.78 is 16.2. The Morgan fingerprint density at radius 1 is 0.733 bits per heavy atom. The van der Waals surface area contributed by atoms with Crippen LogP contribution in [0.15, 0.2) is 78.9 Å². The Morgan fingerprint density at radius 3 is 1.97 bits per heavy atom. The number of carbonyl (C=O) groups is 1. The third kappa shape index (κ3) is 3.65. The van der Waals surface area contributed by atoms with E-state index >= 15 is 0 Å². The zero-order chi connectivity index (χ0) is 21.1. The predicted molar refractivity (Wildman–Crippen MR) is 116 cm³/mol. The van der Waals surface area contributed by atoms with Gasteiger partial charge >= 0.3 is 5.97 Å². The standard InChI is InChI=1S/C25H20O5/c1-28-23-14-20-19(12-13-22(26)21(20)15-24(23)29-2)25(27)30-18-10-8-17(9-11-18)16-6-4-3-5-7-16/h3-15,26H,1-2H3. The van der Waals surface area contributed by atoms with Crippen molar-refractivity contribution in [2.75, 3.05) is 14.2 Å². The van der Waals surface area contributed by atoms with Gasteiger partial charge in [-0.25, -0.2) is 4.79 Å². The van der Waals surface area contributed by atoms with E-state index in [0.717, 1.165) is 11.1 Å². The van der Waals surface area contributed by atoms with Crippen molar-refractivity contribution < 1.29 is 24.1 Å². The Balaban J connectivity index is 1.66. The van der Waals surface area contributed by atoms with Gasteiger partial charge in [0.15, 0.2) is 11.5 Å². The first-order valence-electron chi connectivity index (χ1n) is 9.36. The number of hydrogen-bond acceptors (Lipinski definition) is 5. The summed E-state index contributed by atoms with van der Waals surface area (Å²) >= 11 is 0. The van der Waals surface area contributed by atoms with Gasteiger partial charge in [0, 0.05) is 10.8 Å². The van der Waals surface area contributed by atoms with Crippen LogP contribution in [0.25, 0.3) is 21.9 Å². The number of fused-ring (bicyclic) bond motifs is 1. The van der Waals surface area contributed by atoms with Gasteiger partial charge in [0.1, 0.15) is 11.5 Å². The van der Waals surface area contributed by atoms with E-state index in [4.69, 9.17) is 14.2 Å². The highest BCUT2D eigenvalue weighted by atomic mass is 16.5. The molecule has 150 valence electrons. The summed E-state index contributed by atoms with van der Waals surface area (Å²) in [5.74, 6) is 0.856. The molecule has 0 saturated carbocycles. The highest BCUT2D eigenvalue weighted by Crippen LogP contribution is 2.38. The van der Waals surface area contributed by atoms with Crippen molar-refractivity contribution in [1.29, 1.82) is 0 Å². The first-order valence-corrected chi connectivity index (χ1v) is 9.36. The highest BCUT2D eigenvalue weighted by molar-refractivity contribution is 6.08. The molecule has 0 radical (unpaired) electrons. The molecule has 4 aromatic carbocycles. The molecule has 0 aliphatic rings. The Labute approximate surface area is 174 Å². The topological polar surface area (TPSA) is 65.0 Å². The second-order valence-electron chi connectivity index (χ2n) is 6.66. The molecule has 0 aromatic heterocycles. The normalized spacial score (nSPS) is 10.6. The number of hydrogen-bond donors (Lipinski definition) is 1. The monoisotopic (exact) mass is 400 g/mol. The Hall–Kier alpha value is -3.99. The van der Waals surface area contributed by atoms with Gasteiger partial charge in [0.05, 0.1) is 19.8 Å². The minimum atomic E-state index is -0.528. The first kappa shape index (κ1) is 19.3. The van der Waals surface area contributed by atoms with E-state index in [1.807, 2.05) is 42.5 Å². The van der Waals surface area contributed by atoms with Crippen molar-refractivity contribution in [3.63, 3.8) is 0 Å². The SMILES string of the molecule is COc1cc2c(O)ccc(C(=O)Oc3ccc(-c4ccccc4)cc3)c2cc1OC. The molecule has 30 heavy (non-hydrogen) atoms. The molecule has 0 aliphatic heterocycles. The largest absolute Gasteiger partial charge is 0.507 e. The smallest absolute Gasteiger partial charge is 0.344 e. The maximum absolute atomic E-state index is 12.9. The van der Waals surface area contributed by atoms with E-state index in [0.29, 0.717) is 33.6 Å². The number of rotatable bonds is 5. The van der Waals surface area contributed by atoms with Crippen LogP contribution in [0.5, 0.6) is 23.0 Å². The summed E-state index contributed by atoms with van der Waals surface area (Å²) in [4.78, 5) is 12.9. The molecule has 5 nitrogen and oxygen atoms in total. The first-order chi connectivity index (χ1) is 14.6. The van der Waals surface area contributed by atoms with E-state index in [1.54, 1.807) is 24.3 Å². The average Bonchev–Trinajstić information content (AvgIpc) is 2.79. The fourth-order valence-corrected chi connectivity index (χ4v) is 3.34. The summed E-state index contributed by atoms with van der Waals surface area (Å²) in [5, 5.41) is 11.2.